The highest BCUT2D eigenvalue weighted by Gasteiger charge is 2.41. The maximum atomic E-state index is 12.5. The van der Waals surface area contributed by atoms with Crippen LogP contribution in [0.5, 0.6) is 5.75 Å². The number of hydrogen-bond donors (Lipinski definition) is 1. The molecule has 2 heterocycles. The van der Waals surface area contributed by atoms with Crippen LogP contribution in [0.3, 0.4) is 0 Å². The highest BCUT2D eigenvalue weighted by atomic mass is 16.5. The SMILES string of the molecule is C[C@@]1(O)CCN(C(=O)c2cnccn2)C[C@H]1Oc1ccccc1. The largest absolute Gasteiger partial charge is 0.486 e. The van der Waals surface area contributed by atoms with Crippen molar-refractivity contribution in [1.29, 1.82) is 0 Å². The number of carbonyl (C=O) groups excluding carboxylic acids is 1. The number of piperidine rings is 1. The fourth-order valence-corrected chi connectivity index (χ4v) is 2.59. The quantitative estimate of drug-likeness (QED) is 0.930. The Morgan fingerprint density at radius 2 is 2.13 bits per heavy atom. The van der Waals surface area contributed by atoms with Gasteiger partial charge in [0.1, 0.15) is 23.1 Å². The minimum atomic E-state index is -0.991. The molecule has 1 N–H and O–H groups in total. The third kappa shape index (κ3) is 3.48. The second kappa shape index (κ2) is 6.34. The van der Waals surface area contributed by atoms with E-state index >= 15 is 0 Å². The van der Waals surface area contributed by atoms with Crippen molar-refractivity contribution >= 4 is 5.91 Å². The van der Waals surface area contributed by atoms with Gasteiger partial charge in [-0.1, -0.05) is 18.2 Å². The predicted molar refractivity (Wildman–Crippen MR) is 84.0 cm³/mol. The highest BCUT2D eigenvalue weighted by molar-refractivity contribution is 5.92. The van der Waals surface area contributed by atoms with E-state index in [0.717, 1.165) is 0 Å². The molecule has 1 fully saturated rings. The van der Waals surface area contributed by atoms with E-state index < -0.39 is 11.7 Å². The molecule has 1 aliphatic heterocycles. The zero-order chi connectivity index (χ0) is 16.3. The van der Waals surface area contributed by atoms with Crippen LogP contribution in [0.25, 0.3) is 0 Å². The molecule has 0 unspecified atom stereocenters. The van der Waals surface area contributed by atoms with Crippen LogP contribution in [0, 0.1) is 0 Å². The number of likely N-dealkylation sites (tertiary alicyclic amines) is 1. The highest BCUT2D eigenvalue weighted by Crippen LogP contribution is 2.27. The van der Waals surface area contributed by atoms with Crippen LogP contribution in [0.15, 0.2) is 48.9 Å². The number of nitrogens with zero attached hydrogens (tertiary/aromatic N) is 3. The number of aliphatic hydroxyl groups is 1. The number of ether oxygens (including phenoxy) is 1. The number of benzene rings is 1. The topological polar surface area (TPSA) is 75.5 Å². The van der Waals surface area contributed by atoms with Crippen molar-refractivity contribution in [3.05, 3.63) is 54.6 Å². The Morgan fingerprint density at radius 3 is 2.83 bits per heavy atom. The molecule has 1 aliphatic rings. The molecule has 0 spiro atoms. The second-order valence-electron chi connectivity index (χ2n) is 5.87. The Bertz CT molecular complexity index is 661. The zero-order valence-electron chi connectivity index (χ0n) is 12.9. The van der Waals surface area contributed by atoms with Crippen LogP contribution in [0.2, 0.25) is 0 Å². The lowest BCUT2D eigenvalue weighted by Crippen LogP contribution is -2.57. The molecule has 2 aromatic rings. The summed E-state index contributed by atoms with van der Waals surface area (Å²) in [5, 5.41) is 10.6. The molecule has 3 rings (SSSR count). The molecule has 0 radical (unpaired) electrons. The van der Waals surface area contributed by atoms with Gasteiger partial charge in [-0.15, -0.1) is 0 Å². The number of carbonyl (C=O) groups is 1. The molecule has 0 aliphatic carbocycles. The molecule has 6 nitrogen and oxygen atoms in total. The van der Waals surface area contributed by atoms with Crippen LogP contribution in [-0.4, -0.2) is 50.7 Å². The summed E-state index contributed by atoms with van der Waals surface area (Å²) in [6.07, 6.45) is 4.41. The van der Waals surface area contributed by atoms with Gasteiger partial charge >= 0.3 is 0 Å². The average Bonchev–Trinajstić information content (AvgIpc) is 2.58. The van der Waals surface area contributed by atoms with Gasteiger partial charge in [0.05, 0.1) is 12.7 Å². The van der Waals surface area contributed by atoms with Crippen molar-refractivity contribution in [3.63, 3.8) is 0 Å². The summed E-state index contributed by atoms with van der Waals surface area (Å²) >= 11 is 0. The molecule has 0 bridgehead atoms. The summed E-state index contributed by atoms with van der Waals surface area (Å²) < 4.78 is 5.91. The van der Waals surface area contributed by atoms with E-state index in [4.69, 9.17) is 4.74 Å². The first-order valence-corrected chi connectivity index (χ1v) is 7.55. The average molecular weight is 313 g/mol. The van der Waals surface area contributed by atoms with Crippen molar-refractivity contribution in [3.8, 4) is 5.75 Å². The smallest absolute Gasteiger partial charge is 0.274 e. The second-order valence-corrected chi connectivity index (χ2v) is 5.87. The van der Waals surface area contributed by atoms with Crippen molar-refractivity contribution in [2.45, 2.75) is 25.0 Å². The summed E-state index contributed by atoms with van der Waals surface area (Å²) in [7, 11) is 0. The first-order chi connectivity index (χ1) is 11.1. The van der Waals surface area contributed by atoms with E-state index in [0.29, 0.717) is 31.0 Å². The molecular weight excluding hydrogens is 294 g/mol. The Balaban J connectivity index is 1.75. The predicted octanol–water partition coefficient (Wildman–Crippen LogP) is 1.52. The normalized spacial score (nSPS) is 24.3. The van der Waals surface area contributed by atoms with E-state index in [1.54, 1.807) is 11.8 Å². The first-order valence-electron chi connectivity index (χ1n) is 7.55. The molecule has 23 heavy (non-hydrogen) atoms. The zero-order valence-corrected chi connectivity index (χ0v) is 12.9. The van der Waals surface area contributed by atoms with Gasteiger partial charge in [-0.3, -0.25) is 9.78 Å². The third-order valence-electron chi connectivity index (χ3n) is 4.06. The van der Waals surface area contributed by atoms with E-state index in [2.05, 4.69) is 9.97 Å². The summed E-state index contributed by atoms with van der Waals surface area (Å²) in [5.41, 5.74) is -0.692. The molecule has 6 heteroatoms. The van der Waals surface area contributed by atoms with Gasteiger partial charge in [0.15, 0.2) is 0 Å². The Labute approximate surface area is 134 Å². The summed E-state index contributed by atoms with van der Waals surface area (Å²) in [5.74, 6) is 0.474. The van der Waals surface area contributed by atoms with E-state index in [9.17, 15) is 9.90 Å². The lowest BCUT2D eigenvalue weighted by atomic mass is 9.90. The van der Waals surface area contributed by atoms with Gasteiger partial charge in [-0.25, -0.2) is 4.98 Å². The van der Waals surface area contributed by atoms with Gasteiger partial charge in [0, 0.05) is 18.9 Å². The number of rotatable bonds is 3. The van der Waals surface area contributed by atoms with Crippen LogP contribution >= 0.6 is 0 Å². The van der Waals surface area contributed by atoms with Crippen molar-refractivity contribution in [2.24, 2.45) is 0 Å². The van der Waals surface area contributed by atoms with Crippen LogP contribution in [-0.2, 0) is 0 Å². The summed E-state index contributed by atoms with van der Waals surface area (Å²) in [6.45, 7) is 2.50. The molecule has 1 aromatic carbocycles. The molecular formula is C17H19N3O3. The number of aromatic nitrogens is 2. The van der Waals surface area contributed by atoms with Crippen LogP contribution in [0.1, 0.15) is 23.8 Å². The minimum Gasteiger partial charge on any atom is -0.486 e. The summed E-state index contributed by atoms with van der Waals surface area (Å²) in [4.78, 5) is 22.1. The fourth-order valence-electron chi connectivity index (χ4n) is 2.59. The first kappa shape index (κ1) is 15.4. The lowest BCUT2D eigenvalue weighted by Gasteiger charge is -2.42. The standard InChI is InChI=1S/C17H19N3O3/c1-17(22)7-10-20(16(21)14-11-18-8-9-19-14)12-15(17)23-13-5-3-2-4-6-13/h2-6,8-9,11,15,22H,7,10,12H2,1H3/t15-,17-/m1/s1. The fraction of sp³-hybridized carbons (Fsp3) is 0.353. The minimum absolute atomic E-state index is 0.199. The monoisotopic (exact) mass is 313 g/mol. The molecule has 2 atom stereocenters. The molecule has 1 aromatic heterocycles. The van der Waals surface area contributed by atoms with Gasteiger partial charge in [0.2, 0.25) is 0 Å². The van der Waals surface area contributed by atoms with Crippen molar-refractivity contribution in [1.82, 2.24) is 14.9 Å². The lowest BCUT2D eigenvalue weighted by molar-refractivity contribution is -0.0882. The van der Waals surface area contributed by atoms with Crippen molar-refractivity contribution < 1.29 is 14.6 Å². The molecule has 0 saturated carbocycles. The number of hydrogen-bond acceptors (Lipinski definition) is 5. The van der Waals surface area contributed by atoms with Gasteiger partial charge < -0.3 is 14.7 Å². The van der Waals surface area contributed by atoms with Gasteiger partial charge in [-0.05, 0) is 25.5 Å². The molecule has 120 valence electrons. The van der Waals surface area contributed by atoms with Crippen LogP contribution < -0.4 is 4.74 Å². The third-order valence-corrected chi connectivity index (χ3v) is 4.06. The summed E-state index contributed by atoms with van der Waals surface area (Å²) in [6, 6.07) is 9.31. The van der Waals surface area contributed by atoms with Gasteiger partial charge in [-0.2, -0.15) is 0 Å². The Kier molecular flexibility index (Phi) is 4.25. The van der Waals surface area contributed by atoms with Crippen molar-refractivity contribution in [2.75, 3.05) is 13.1 Å². The number of para-hydroxylation sites is 1. The van der Waals surface area contributed by atoms with E-state index in [-0.39, 0.29) is 5.91 Å². The van der Waals surface area contributed by atoms with Gasteiger partial charge in [0.25, 0.3) is 5.91 Å². The Hall–Kier alpha value is -2.47. The van der Waals surface area contributed by atoms with E-state index in [1.165, 1.54) is 18.6 Å². The number of amides is 1. The maximum absolute atomic E-state index is 12.5. The molecule has 1 amide bonds. The van der Waals surface area contributed by atoms with Crippen LogP contribution in [0.4, 0.5) is 0 Å². The van der Waals surface area contributed by atoms with E-state index in [1.807, 2.05) is 30.3 Å². The molecule has 1 saturated heterocycles. The Morgan fingerprint density at radius 1 is 1.35 bits per heavy atom. The maximum Gasteiger partial charge on any atom is 0.274 e.